The summed E-state index contributed by atoms with van der Waals surface area (Å²) < 4.78 is 5.99. The molecule has 0 fully saturated rings. The Hall–Kier alpha value is -1.53. The van der Waals surface area contributed by atoms with Gasteiger partial charge in [-0.05, 0) is 35.0 Å². The lowest BCUT2D eigenvalue weighted by Gasteiger charge is -2.12. The van der Waals surface area contributed by atoms with E-state index in [0.717, 1.165) is 12.2 Å². The molecule has 5 nitrogen and oxygen atoms in total. The largest absolute Gasteiger partial charge is 0.491 e. The van der Waals surface area contributed by atoms with Crippen LogP contribution in [0.25, 0.3) is 0 Å². The highest BCUT2D eigenvalue weighted by Crippen LogP contribution is 2.36. The van der Waals surface area contributed by atoms with Crippen LogP contribution < -0.4 is 10.1 Å². The Labute approximate surface area is 123 Å². The third-order valence-electron chi connectivity index (χ3n) is 1.93. The van der Waals surface area contributed by atoms with Gasteiger partial charge in [-0.3, -0.25) is 4.79 Å². The molecule has 7 heteroatoms. The maximum absolute atomic E-state index is 11.5. The van der Waals surface area contributed by atoms with Gasteiger partial charge in [-0.1, -0.05) is 11.6 Å². The standard InChI is InChI=1S/C12H11BrClNO4/c1-2-19-12-8(13)5-7(14)6-9(12)15-10(16)3-4-11(17)18/h3-6H,2H2,1H3,(H,15,16)(H,17,18)/b4-3+. The first-order valence-electron chi connectivity index (χ1n) is 5.28. The van der Waals surface area contributed by atoms with Crippen molar-refractivity contribution < 1.29 is 19.4 Å². The van der Waals surface area contributed by atoms with Crippen molar-refractivity contribution in [2.75, 3.05) is 11.9 Å². The van der Waals surface area contributed by atoms with E-state index in [-0.39, 0.29) is 0 Å². The average Bonchev–Trinajstić information content (AvgIpc) is 2.31. The lowest BCUT2D eigenvalue weighted by Crippen LogP contribution is -2.10. The predicted molar refractivity (Wildman–Crippen MR) is 75.7 cm³/mol. The maximum Gasteiger partial charge on any atom is 0.328 e. The first-order valence-corrected chi connectivity index (χ1v) is 6.45. The van der Waals surface area contributed by atoms with E-state index < -0.39 is 11.9 Å². The molecule has 0 atom stereocenters. The highest BCUT2D eigenvalue weighted by Gasteiger charge is 2.11. The molecule has 0 aliphatic heterocycles. The second kappa shape index (κ2) is 7.16. The minimum absolute atomic E-state index is 0.362. The monoisotopic (exact) mass is 347 g/mol. The summed E-state index contributed by atoms with van der Waals surface area (Å²) in [6, 6.07) is 3.15. The molecule has 102 valence electrons. The SMILES string of the molecule is CCOc1c(Br)cc(Cl)cc1NC(=O)/C=C/C(=O)O. The van der Waals surface area contributed by atoms with Crippen LogP contribution in [0.5, 0.6) is 5.75 Å². The lowest BCUT2D eigenvalue weighted by atomic mass is 10.3. The molecule has 0 radical (unpaired) electrons. The maximum atomic E-state index is 11.5. The van der Waals surface area contributed by atoms with Gasteiger partial charge in [0, 0.05) is 17.2 Å². The van der Waals surface area contributed by atoms with Crippen LogP contribution in [0, 0.1) is 0 Å². The molecule has 0 saturated heterocycles. The Kier molecular flexibility index (Phi) is 5.85. The van der Waals surface area contributed by atoms with E-state index in [1.165, 1.54) is 6.07 Å². The van der Waals surface area contributed by atoms with E-state index in [4.69, 9.17) is 21.4 Å². The average molecular weight is 349 g/mol. The number of ether oxygens (including phenoxy) is 1. The normalized spacial score (nSPS) is 10.5. The summed E-state index contributed by atoms with van der Waals surface area (Å²) in [6.45, 7) is 2.21. The van der Waals surface area contributed by atoms with Crippen LogP contribution in [-0.4, -0.2) is 23.6 Å². The molecule has 0 aliphatic carbocycles. The fourth-order valence-electron chi connectivity index (χ4n) is 1.27. The van der Waals surface area contributed by atoms with E-state index >= 15 is 0 Å². The van der Waals surface area contributed by atoms with E-state index in [9.17, 15) is 9.59 Å². The van der Waals surface area contributed by atoms with Crippen LogP contribution in [0.1, 0.15) is 6.92 Å². The predicted octanol–water partition coefficient (Wildman–Crippen LogP) is 3.08. The molecule has 0 aliphatic rings. The van der Waals surface area contributed by atoms with Crippen LogP contribution in [0.15, 0.2) is 28.8 Å². The van der Waals surface area contributed by atoms with Crippen molar-refractivity contribution in [1.29, 1.82) is 0 Å². The first-order chi connectivity index (χ1) is 8.93. The van der Waals surface area contributed by atoms with E-state index in [1.807, 2.05) is 0 Å². The number of hydrogen-bond donors (Lipinski definition) is 2. The van der Waals surface area contributed by atoms with Crippen LogP contribution >= 0.6 is 27.5 Å². The zero-order chi connectivity index (χ0) is 14.4. The third kappa shape index (κ3) is 4.92. The molecule has 1 aromatic rings. The van der Waals surface area contributed by atoms with Crippen LogP contribution in [0.3, 0.4) is 0 Å². The Morgan fingerprint density at radius 1 is 1.47 bits per heavy atom. The number of carbonyl (C=O) groups is 2. The summed E-state index contributed by atoms with van der Waals surface area (Å²) in [6.07, 6.45) is 1.65. The number of rotatable bonds is 5. The molecule has 0 heterocycles. The highest BCUT2D eigenvalue weighted by molar-refractivity contribution is 9.10. The number of carbonyl (C=O) groups excluding carboxylic acids is 1. The number of nitrogens with one attached hydrogen (secondary N) is 1. The third-order valence-corrected chi connectivity index (χ3v) is 2.74. The number of anilines is 1. The first kappa shape index (κ1) is 15.5. The number of halogens is 2. The minimum atomic E-state index is -1.20. The quantitative estimate of drug-likeness (QED) is 0.802. The summed E-state index contributed by atoms with van der Waals surface area (Å²) in [5.74, 6) is -1.35. The van der Waals surface area contributed by atoms with Gasteiger partial charge in [0.05, 0.1) is 16.8 Å². The van der Waals surface area contributed by atoms with Gasteiger partial charge in [0.1, 0.15) is 0 Å². The van der Waals surface area contributed by atoms with Crippen LogP contribution in [-0.2, 0) is 9.59 Å². The Bertz CT molecular complexity index is 531. The van der Waals surface area contributed by atoms with Gasteiger partial charge in [0.25, 0.3) is 0 Å². The second-order valence-electron chi connectivity index (χ2n) is 3.36. The fraction of sp³-hybridized carbons (Fsp3) is 0.167. The molecule has 0 aromatic heterocycles. The van der Waals surface area contributed by atoms with Gasteiger partial charge < -0.3 is 15.2 Å². The topological polar surface area (TPSA) is 75.6 Å². The number of carboxylic acids is 1. The summed E-state index contributed by atoms with van der Waals surface area (Å²) in [4.78, 5) is 21.8. The van der Waals surface area contributed by atoms with Gasteiger partial charge in [0.15, 0.2) is 5.75 Å². The highest BCUT2D eigenvalue weighted by atomic mass is 79.9. The van der Waals surface area contributed by atoms with Crippen LogP contribution in [0.2, 0.25) is 5.02 Å². The van der Waals surface area contributed by atoms with Crippen molar-refractivity contribution in [3.05, 3.63) is 33.8 Å². The van der Waals surface area contributed by atoms with Gasteiger partial charge in [-0.2, -0.15) is 0 Å². The minimum Gasteiger partial charge on any atom is -0.491 e. The molecule has 1 rings (SSSR count). The summed E-state index contributed by atoms with van der Waals surface area (Å²) in [7, 11) is 0. The van der Waals surface area contributed by atoms with Crippen molar-refractivity contribution in [1.82, 2.24) is 0 Å². The number of carboxylic acid groups (broad SMARTS) is 1. The smallest absolute Gasteiger partial charge is 0.328 e. The Morgan fingerprint density at radius 2 is 2.16 bits per heavy atom. The summed E-state index contributed by atoms with van der Waals surface area (Å²) in [5.41, 5.74) is 0.362. The summed E-state index contributed by atoms with van der Waals surface area (Å²) >= 11 is 9.16. The van der Waals surface area contributed by atoms with E-state index in [0.29, 0.717) is 27.5 Å². The van der Waals surface area contributed by atoms with Gasteiger partial charge in [0.2, 0.25) is 5.91 Å². The molecule has 0 unspecified atom stereocenters. The van der Waals surface area contributed by atoms with E-state index in [2.05, 4.69) is 21.2 Å². The van der Waals surface area contributed by atoms with Crippen molar-refractivity contribution in [3.8, 4) is 5.75 Å². The number of amides is 1. The molecule has 0 saturated carbocycles. The molecular weight excluding hydrogens is 337 g/mol. The van der Waals surface area contributed by atoms with E-state index in [1.54, 1.807) is 13.0 Å². The Morgan fingerprint density at radius 3 is 2.74 bits per heavy atom. The van der Waals surface area contributed by atoms with Gasteiger partial charge in [-0.15, -0.1) is 0 Å². The number of aliphatic carboxylic acids is 1. The lowest BCUT2D eigenvalue weighted by molar-refractivity contribution is -0.131. The van der Waals surface area contributed by atoms with Crippen molar-refractivity contribution >= 4 is 45.1 Å². The van der Waals surface area contributed by atoms with Gasteiger partial charge in [-0.25, -0.2) is 4.79 Å². The molecule has 2 N–H and O–H groups in total. The zero-order valence-corrected chi connectivity index (χ0v) is 12.3. The zero-order valence-electron chi connectivity index (χ0n) is 9.94. The van der Waals surface area contributed by atoms with Crippen molar-refractivity contribution in [2.45, 2.75) is 6.92 Å². The van der Waals surface area contributed by atoms with Crippen molar-refractivity contribution in [3.63, 3.8) is 0 Å². The molecule has 0 spiro atoms. The van der Waals surface area contributed by atoms with Gasteiger partial charge >= 0.3 is 5.97 Å². The summed E-state index contributed by atoms with van der Waals surface area (Å²) in [5, 5.41) is 11.3. The van der Waals surface area contributed by atoms with Crippen molar-refractivity contribution in [2.24, 2.45) is 0 Å². The molecular formula is C12H11BrClNO4. The molecule has 1 amide bonds. The second-order valence-corrected chi connectivity index (χ2v) is 4.65. The number of hydrogen-bond acceptors (Lipinski definition) is 3. The number of benzene rings is 1. The molecule has 0 bridgehead atoms. The molecule has 19 heavy (non-hydrogen) atoms. The van der Waals surface area contributed by atoms with Crippen LogP contribution in [0.4, 0.5) is 5.69 Å². The molecule has 1 aromatic carbocycles. The Balaban J connectivity index is 2.99. The fourth-order valence-corrected chi connectivity index (χ4v) is 2.19.